The van der Waals surface area contributed by atoms with Crippen molar-refractivity contribution < 1.29 is 14.3 Å². The zero-order valence-electron chi connectivity index (χ0n) is 23.4. The van der Waals surface area contributed by atoms with Gasteiger partial charge in [-0.2, -0.15) is 0 Å². The minimum atomic E-state index is -0.170. The van der Waals surface area contributed by atoms with Gasteiger partial charge in [0.25, 0.3) is 11.8 Å². The van der Waals surface area contributed by atoms with Crippen LogP contribution in [-0.4, -0.2) is 18.4 Å². The third-order valence-electron chi connectivity index (χ3n) is 5.82. The lowest BCUT2D eigenvalue weighted by molar-refractivity contribution is 0.0936. The summed E-state index contributed by atoms with van der Waals surface area (Å²) >= 11 is 0. The number of nitrogens with one attached hydrogen (secondary N) is 2. The molecule has 2 N–H and O–H groups in total. The molecule has 5 nitrogen and oxygen atoms in total. The maximum Gasteiger partial charge on any atom is 0.251 e. The zero-order valence-corrected chi connectivity index (χ0v) is 23.4. The van der Waals surface area contributed by atoms with Crippen LogP contribution in [0, 0.1) is 5.41 Å². The summed E-state index contributed by atoms with van der Waals surface area (Å²) in [6.07, 6.45) is 6.31. The summed E-state index contributed by atoms with van der Waals surface area (Å²) < 4.78 is 6.19. The lowest BCUT2D eigenvalue weighted by Gasteiger charge is -2.30. The highest BCUT2D eigenvalue weighted by Crippen LogP contribution is 2.41. The number of allylic oxidation sites excluding steroid dienone is 4. The van der Waals surface area contributed by atoms with Gasteiger partial charge in [0.15, 0.2) is 0 Å². The van der Waals surface area contributed by atoms with Crippen LogP contribution in [0.2, 0.25) is 0 Å². The first-order valence-electron chi connectivity index (χ1n) is 13.1. The first-order chi connectivity index (χ1) is 17.7. The zero-order chi connectivity index (χ0) is 27.6. The molecule has 3 rings (SSSR count). The van der Waals surface area contributed by atoms with Crippen LogP contribution in [0.15, 0.2) is 73.0 Å². The van der Waals surface area contributed by atoms with Gasteiger partial charge in [0.05, 0.1) is 0 Å². The van der Waals surface area contributed by atoms with E-state index >= 15 is 0 Å². The van der Waals surface area contributed by atoms with Crippen LogP contribution in [0.1, 0.15) is 98.4 Å². The van der Waals surface area contributed by atoms with E-state index in [0.29, 0.717) is 24.2 Å². The molecule has 5 heteroatoms. The minimum absolute atomic E-state index is 0.00851. The Morgan fingerprint density at radius 1 is 1.03 bits per heavy atom. The topological polar surface area (TPSA) is 67.4 Å². The highest BCUT2D eigenvalue weighted by Gasteiger charge is 2.27. The first kappa shape index (κ1) is 29.6. The van der Waals surface area contributed by atoms with Gasteiger partial charge in [-0.15, -0.1) is 0 Å². The molecule has 0 saturated carbocycles. The Bertz CT molecular complexity index is 1170. The van der Waals surface area contributed by atoms with Gasteiger partial charge in [-0.3, -0.25) is 9.59 Å². The van der Waals surface area contributed by atoms with Crippen LogP contribution in [0.5, 0.6) is 0 Å². The number of hydrogen-bond acceptors (Lipinski definition) is 3. The van der Waals surface area contributed by atoms with Gasteiger partial charge in [0.1, 0.15) is 11.9 Å². The van der Waals surface area contributed by atoms with Crippen LogP contribution in [-0.2, 0) is 11.3 Å². The molecule has 0 aliphatic carbocycles. The molecule has 0 aromatic heterocycles. The summed E-state index contributed by atoms with van der Waals surface area (Å²) in [7, 11) is 0. The SMILES string of the molecule is C=C/C=C1\C(=C/C)OC(CC)c2cc(C(=O)NCc3cccc(C(=O)NCC(C)(C)C)c3)ccc21.CC. The molecular weight excluding hydrogens is 460 g/mol. The van der Waals surface area contributed by atoms with Crippen LogP contribution < -0.4 is 10.6 Å². The third kappa shape index (κ3) is 7.94. The molecule has 37 heavy (non-hydrogen) atoms. The van der Waals surface area contributed by atoms with E-state index in [1.165, 1.54) is 0 Å². The monoisotopic (exact) mass is 502 g/mol. The van der Waals surface area contributed by atoms with Crippen molar-refractivity contribution in [3.63, 3.8) is 0 Å². The largest absolute Gasteiger partial charge is 0.485 e. The molecule has 1 aliphatic heterocycles. The molecule has 1 heterocycles. The maximum atomic E-state index is 13.0. The van der Waals surface area contributed by atoms with E-state index in [4.69, 9.17) is 4.74 Å². The Morgan fingerprint density at radius 2 is 1.70 bits per heavy atom. The Balaban J connectivity index is 0.00000235. The molecule has 0 radical (unpaired) electrons. The molecule has 198 valence electrons. The van der Waals surface area contributed by atoms with E-state index in [1.807, 2.05) is 69.3 Å². The second-order valence-corrected chi connectivity index (χ2v) is 9.91. The molecule has 0 saturated heterocycles. The predicted molar refractivity (Wildman–Crippen MR) is 153 cm³/mol. The third-order valence-corrected chi connectivity index (χ3v) is 5.82. The van der Waals surface area contributed by atoms with Crippen molar-refractivity contribution in [1.82, 2.24) is 10.6 Å². The fourth-order valence-corrected chi connectivity index (χ4v) is 4.00. The van der Waals surface area contributed by atoms with Gasteiger partial charge >= 0.3 is 0 Å². The molecule has 0 bridgehead atoms. The second kappa shape index (κ2) is 13.6. The van der Waals surface area contributed by atoms with Crippen molar-refractivity contribution in [3.05, 3.63) is 101 Å². The van der Waals surface area contributed by atoms with Gasteiger partial charge in [-0.05, 0) is 60.2 Å². The Labute approximate surface area is 222 Å². The molecule has 1 atom stereocenters. The van der Waals surface area contributed by atoms with Crippen LogP contribution in [0.4, 0.5) is 0 Å². The predicted octanol–water partition coefficient (Wildman–Crippen LogP) is 7.37. The highest BCUT2D eigenvalue weighted by molar-refractivity contribution is 5.96. The summed E-state index contributed by atoms with van der Waals surface area (Å²) in [4.78, 5) is 25.5. The minimum Gasteiger partial charge on any atom is -0.485 e. The molecular formula is C32H42N2O3. The highest BCUT2D eigenvalue weighted by atomic mass is 16.5. The van der Waals surface area contributed by atoms with E-state index in [-0.39, 0.29) is 23.3 Å². The number of hydrogen-bond donors (Lipinski definition) is 2. The van der Waals surface area contributed by atoms with E-state index < -0.39 is 0 Å². The summed E-state index contributed by atoms with van der Waals surface area (Å²) in [5.41, 5.74) is 5.05. The average Bonchev–Trinajstić information content (AvgIpc) is 2.91. The lowest BCUT2D eigenvalue weighted by atomic mass is 9.89. The van der Waals surface area contributed by atoms with Crippen molar-refractivity contribution in [3.8, 4) is 0 Å². The van der Waals surface area contributed by atoms with Crippen LogP contribution in [0.3, 0.4) is 0 Å². The lowest BCUT2D eigenvalue weighted by Crippen LogP contribution is -2.32. The number of rotatable bonds is 7. The molecule has 2 amide bonds. The standard InChI is InChI=1S/C30H36N2O3.C2H6/c1-7-11-24-23-15-14-22(17-25(23)27(9-3)35-26(24)8-2)28(33)31-18-20-12-10-13-21(16-20)29(34)32-19-30(4,5)6;1-2/h7-8,10-17,27H,1,9,18-19H2,2-6H3,(H,31,33)(H,32,34);1-2H3/b24-11-,26-8+;. The second-order valence-electron chi connectivity index (χ2n) is 9.91. The normalized spacial score (nSPS) is 16.7. The molecule has 0 spiro atoms. The van der Waals surface area contributed by atoms with Gasteiger partial charge in [-0.25, -0.2) is 0 Å². The molecule has 0 fully saturated rings. The van der Waals surface area contributed by atoms with E-state index in [0.717, 1.165) is 34.4 Å². The summed E-state index contributed by atoms with van der Waals surface area (Å²) in [6, 6.07) is 13.1. The number of ether oxygens (including phenoxy) is 1. The number of benzene rings is 2. The van der Waals surface area contributed by atoms with Crippen molar-refractivity contribution in [1.29, 1.82) is 0 Å². The van der Waals surface area contributed by atoms with Gasteiger partial charge in [0.2, 0.25) is 0 Å². The van der Waals surface area contributed by atoms with E-state index in [2.05, 4.69) is 44.9 Å². The van der Waals surface area contributed by atoms with Crippen LogP contribution in [0.25, 0.3) is 5.57 Å². The summed E-state index contributed by atoms with van der Waals surface area (Å²) in [5.74, 6) is 0.543. The quantitative estimate of drug-likeness (QED) is 0.415. The Hall–Kier alpha value is -3.60. The summed E-state index contributed by atoms with van der Waals surface area (Å²) in [5, 5.41) is 5.94. The Morgan fingerprint density at radius 3 is 2.32 bits per heavy atom. The van der Waals surface area contributed by atoms with Crippen molar-refractivity contribution in [2.24, 2.45) is 5.41 Å². The van der Waals surface area contributed by atoms with Crippen molar-refractivity contribution >= 4 is 17.4 Å². The van der Waals surface area contributed by atoms with E-state index in [1.54, 1.807) is 12.1 Å². The van der Waals surface area contributed by atoms with Crippen LogP contribution >= 0.6 is 0 Å². The maximum absolute atomic E-state index is 13.0. The Kier molecular flexibility index (Phi) is 10.9. The fourth-order valence-electron chi connectivity index (χ4n) is 4.00. The number of carbonyl (C=O) groups is 2. The van der Waals surface area contributed by atoms with Crippen molar-refractivity contribution in [2.45, 2.75) is 67.5 Å². The fraction of sp³-hybridized carbons (Fsp3) is 0.375. The molecule has 2 aromatic rings. The number of carbonyl (C=O) groups excluding carboxylic acids is 2. The van der Waals surface area contributed by atoms with Gasteiger partial charge in [0, 0.05) is 35.4 Å². The average molecular weight is 503 g/mol. The first-order valence-corrected chi connectivity index (χ1v) is 13.1. The van der Waals surface area contributed by atoms with Gasteiger partial charge < -0.3 is 15.4 Å². The summed E-state index contributed by atoms with van der Waals surface area (Å²) in [6.45, 7) is 19.0. The van der Waals surface area contributed by atoms with E-state index in [9.17, 15) is 9.59 Å². The number of fused-ring (bicyclic) bond motifs is 1. The van der Waals surface area contributed by atoms with Gasteiger partial charge in [-0.1, -0.05) is 78.5 Å². The molecule has 1 aliphatic rings. The molecule has 1 unspecified atom stereocenters. The number of amides is 2. The van der Waals surface area contributed by atoms with Crippen molar-refractivity contribution in [2.75, 3.05) is 6.54 Å². The molecule has 2 aromatic carbocycles. The smallest absolute Gasteiger partial charge is 0.251 e.